The number of aryl methyl sites for hydroxylation is 2. The fourth-order valence-electron chi connectivity index (χ4n) is 1.72. The SMILES string of the molecule is CCCc1ccc(CCCC(C)=N)cc1. The van der Waals surface area contributed by atoms with Gasteiger partial charge in [0.1, 0.15) is 0 Å². The van der Waals surface area contributed by atoms with Crippen LogP contribution in [0.4, 0.5) is 0 Å². The summed E-state index contributed by atoms with van der Waals surface area (Å²) in [6.07, 6.45) is 5.52. The van der Waals surface area contributed by atoms with Crippen molar-refractivity contribution in [1.29, 1.82) is 5.41 Å². The third-order valence-corrected chi connectivity index (χ3v) is 2.58. The fraction of sp³-hybridized carbons (Fsp3) is 0.500. The van der Waals surface area contributed by atoms with E-state index >= 15 is 0 Å². The summed E-state index contributed by atoms with van der Waals surface area (Å²) >= 11 is 0. The van der Waals surface area contributed by atoms with Crippen LogP contribution in [0.25, 0.3) is 0 Å². The summed E-state index contributed by atoms with van der Waals surface area (Å²) in [5.74, 6) is 0. The van der Waals surface area contributed by atoms with Gasteiger partial charge >= 0.3 is 0 Å². The Morgan fingerprint density at radius 2 is 1.60 bits per heavy atom. The summed E-state index contributed by atoms with van der Waals surface area (Å²) in [6.45, 7) is 4.09. The molecule has 0 saturated carbocycles. The Labute approximate surface area is 93.0 Å². The number of nitrogens with one attached hydrogen (secondary N) is 1. The molecule has 1 aromatic carbocycles. The smallest absolute Gasteiger partial charge is 0.00583 e. The van der Waals surface area contributed by atoms with Crippen LogP contribution in [0.3, 0.4) is 0 Å². The standard InChI is InChI=1S/C14H21N/c1-3-5-13-8-10-14(11-9-13)7-4-6-12(2)15/h8-11,15H,3-7H2,1-2H3. The Bertz CT molecular complexity index is 298. The minimum absolute atomic E-state index is 0.789. The zero-order valence-corrected chi connectivity index (χ0v) is 9.84. The van der Waals surface area contributed by atoms with E-state index in [1.165, 1.54) is 24.0 Å². The topological polar surface area (TPSA) is 23.9 Å². The van der Waals surface area contributed by atoms with Crippen molar-refractivity contribution in [2.24, 2.45) is 0 Å². The van der Waals surface area contributed by atoms with E-state index in [0.29, 0.717) is 0 Å². The molecule has 0 bridgehead atoms. The summed E-state index contributed by atoms with van der Waals surface area (Å²) in [4.78, 5) is 0. The molecule has 0 unspecified atom stereocenters. The Morgan fingerprint density at radius 1 is 1.07 bits per heavy atom. The summed E-state index contributed by atoms with van der Waals surface area (Å²) < 4.78 is 0. The average molecular weight is 203 g/mol. The molecule has 1 aromatic rings. The van der Waals surface area contributed by atoms with E-state index in [1.54, 1.807) is 0 Å². The minimum Gasteiger partial charge on any atom is -0.310 e. The second-order valence-corrected chi connectivity index (χ2v) is 4.20. The van der Waals surface area contributed by atoms with E-state index < -0.39 is 0 Å². The van der Waals surface area contributed by atoms with Gasteiger partial charge in [0.05, 0.1) is 0 Å². The normalized spacial score (nSPS) is 10.3. The molecule has 1 heteroatoms. The van der Waals surface area contributed by atoms with Crippen LogP contribution in [0.2, 0.25) is 0 Å². The summed E-state index contributed by atoms with van der Waals surface area (Å²) in [7, 11) is 0. The van der Waals surface area contributed by atoms with Crippen LogP contribution in [0.1, 0.15) is 44.2 Å². The second kappa shape index (κ2) is 6.39. The van der Waals surface area contributed by atoms with Crippen LogP contribution in [-0.2, 0) is 12.8 Å². The van der Waals surface area contributed by atoms with Gasteiger partial charge in [-0.3, -0.25) is 0 Å². The van der Waals surface area contributed by atoms with Gasteiger partial charge in [0.2, 0.25) is 0 Å². The molecule has 0 saturated heterocycles. The van der Waals surface area contributed by atoms with Crippen LogP contribution in [0.5, 0.6) is 0 Å². The molecule has 0 aromatic heterocycles. The molecule has 0 spiro atoms. The van der Waals surface area contributed by atoms with Crippen molar-refractivity contribution >= 4 is 5.71 Å². The maximum atomic E-state index is 7.35. The minimum atomic E-state index is 0.789. The molecule has 1 nitrogen and oxygen atoms in total. The lowest BCUT2D eigenvalue weighted by molar-refractivity contribution is 0.857. The Kier molecular flexibility index (Phi) is 5.09. The summed E-state index contributed by atoms with van der Waals surface area (Å²) in [6, 6.07) is 8.92. The third-order valence-electron chi connectivity index (χ3n) is 2.58. The molecule has 0 heterocycles. The fourth-order valence-corrected chi connectivity index (χ4v) is 1.72. The van der Waals surface area contributed by atoms with Gasteiger partial charge < -0.3 is 5.41 Å². The highest BCUT2D eigenvalue weighted by atomic mass is 14.4. The lowest BCUT2D eigenvalue weighted by atomic mass is 10.0. The average Bonchev–Trinajstić information content (AvgIpc) is 2.20. The monoisotopic (exact) mass is 203 g/mol. The molecular formula is C14H21N. The Balaban J connectivity index is 2.39. The van der Waals surface area contributed by atoms with Crippen LogP contribution >= 0.6 is 0 Å². The first kappa shape index (κ1) is 12.0. The van der Waals surface area contributed by atoms with E-state index in [4.69, 9.17) is 5.41 Å². The van der Waals surface area contributed by atoms with Crippen LogP contribution < -0.4 is 0 Å². The Morgan fingerprint density at radius 3 is 2.07 bits per heavy atom. The van der Waals surface area contributed by atoms with Gasteiger partial charge in [-0.05, 0) is 43.7 Å². The zero-order valence-electron chi connectivity index (χ0n) is 9.84. The Hall–Kier alpha value is -1.11. The quantitative estimate of drug-likeness (QED) is 0.676. The van der Waals surface area contributed by atoms with E-state index in [0.717, 1.165) is 25.0 Å². The largest absolute Gasteiger partial charge is 0.310 e. The van der Waals surface area contributed by atoms with Crippen molar-refractivity contribution < 1.29 is 0 Å². The number of benzene rings is 1. The van der Waals surface area contributed by atoms with Crippen molar-refractivity contribution in [1.82, 2.24) is 0 Å². The van der Waals surface area contributed by atoms with Crippen LogP contribution in [0, 0.1) is 5.41 Å². The first-order chi connectivity index (χ1) is 7.22. The highest BCUT2D eigenvalue weighted by Crippen LogP contribution is 2.09. The molecule has 15 heavy (non-hydrogen) atoms. The summed E-state index contributed by atoms with van der Waals surface area (Å²) in [5.41, 5.74) is 3.62. The van der Waals surface area contributed by atoms with Gasteiger partial charge in [-0.15, -0.1) is 0 Å². The number of hydrogen-bond donors (Lipinski definition) is 1. The molecule has 1 N–H and O–H groups in total. The summed E-state index contributed by atoms with van der Waals surface area (Å²) in [5, 5.41) is 7.35. The molecule has 1 rings (SSSR count). The van der Waals surface area contributed by atoms with E-state index in [2.05, 4.69) is 31.2 Å². The van der Waals surface area contributed by atoms with E-state index in [9.17, 15) is 0 Å². The van der Waals surface area contributed by atoms with Gasteiger partial charge in [-0.25, -0.2) is 0 Å². The van der Waals surface area contributed by atoms with Crippen molar-refractivity contribution in [3.05, 3.63) is 35.4 Å². The van der Waals surface area contributed by atoms with Gasteiger partial charge in [-0.1, -0.05) is 37.6 Å². The van der Waals surface area contributed by atoms with E-state index in [-0.39, 0.29) is 0 Å². The first-order valence-corrected chi connectivity index (χ1v) is 5.84. The molecule has 0 amide bonds. The van der Waals surface area contributed by atoms with Crippen molar-refractivity contribution in [3.8, 4) is 0 Å². The van der Waals surface area contributed by atoms with Crippen molar-refractivity contribution in [2.75, 3.05) is 0 Å². The maximum Gasteiger partial charge on any atom is 0.00583 e. The molecule has 0 atom stereocenters. The highest BCUT2D eigenvalue weighted by molar-refractivity contribution is 5.78. The van der Waals surface area contributed by atoms with Gasteiger partial charge in [0.15, 0.2) is 0 Å². The maximum absolute atomic E-state index is 7.35. The van der Waals surface area contributed by atoms with Crippen molar-refractivity contribution in [3.63, 3.8) is 0 Å². The second-order valence-electron chi connectivity index (χ2n) is 4.20. The third kappa shape index (κ3) is 4.78. The van der Waals surface area contributed by atoms with Gasteiger partial charge in [-0.2, -0.15) is 0 Å². The van der Waals surface area contributed by atoms with Gasteiger partial charge in [0, 0.05) is 5.71 Å². The molecule has 0 aliphatic carbocycles. The number of rotatable bonds is 6. The zero-order chi connectivity index (χ0) is 11.1. The molecule has 0 aliphatic heterocycles. The van der Waals surface area contributed by atoms with Crippen LogP contribution in [-0.4, -0.2) is 5.71 Å². The predicted molar refractivity (Wildman–Crippen MR) is 66.8 cm³/mol. The lowest BCUT2D eigenvalue weighted by Gasteiger charge is -2.03. The molecular weight excluding hydrogens is 182 g/mol. The van der Waals surface area contributed by atoms with Crippen LogP contribution in [0.15, 0.2) is 24.3 Å². The highest BCUT2D eigenvalue weighted by Gasteiger charge is 1.95. The van der Waals surface area contributed by atoms with Crippen molar-refractivity contribution in [2.45, 2.75) is 46.0 Å². The molecule has 0 radical (unpaired) electrons. The molecule has 0 fully saturated rings. The molecule has 0 aliphatic rings. The first-order valence-electron chi connectivity index (χ1n) is 5.84. The number of hydrogen-bond acceptors (Lipinski definition) is 1. The van der Waals surface area contributed by atoms with Gasteiger partial charge in [0.25, 0.3) is 0 Å². The predicted octanol–water partition coefficient (Wildman–Crippen LogP) is 4.00. The molecule has 82 valence electrons. The lowest BCUT2D eigenvalue weighted by Crippen LogP contribution is -1.92. The van der Waals surface area contributed by atoms with E-state index in [1.807, 2.05) is 6.92 Å².